The summed E-state index contributed by atoms with van der Waals surface area (Å²) in [7, 11) is 1.95. The van der Waals surface area contributed by atoms with Gasteiger partial charge in [-0.05, 0) is 55.5 Å². The van der Waals surface area contributed by atoms with Crippen molar-refractivity contribution in [1.29, 1.82) is 0 Å². The van der Waals surface area contributed by atoms with Gasteiger partial charge >= 0.3 is 0 Å². The minimum Gasteiger partial charge on any atom is -0.263 e. The number of benzene rings is 1. The van der Waals surface area contributed by atoms with Crippen LogP contribution < -0.4 is 4.72 Å². The van der Waals surface area contributed by atoms with E-state index in [1.54, 1.807) is 11.9 Å². The highest BCUT2D eigenvalue weighted by Crippen LogP contribution is 2.34. The predicted octanol–water partition coefficient (Wildman–Crippen LogP) is 4.60. The van der Waals surface area contributed by atoms with Gasteiger partial charge in [0.25, 0.3) is 0 Å². The molecule has 0 heterocycles. The average molecular weight is 237 g/mol. The summed E-state index contributed by atoms with van der Waals surface area (Å²) in [5.74, 6) is 0.837. The molecular weight excluding hydrogens is 214 g/mol. The molecule has 2 rings (SSSR count). The summed E-state index contributed by atoms with van der Waals surface area (Å²) >= 11 is 1.68. The summed E-state index contributed by atoms with van der Waals surface area (Å²) < 4.78 is 3.09. The van der Waals surface area contributed by atoms with Crippen LogP contribution in [0, 0.1) is 0 Å². The lowest BCUT2D eigenvalue weighted by Crippen LogP contribution is -1.93. The van der Waals surface area contributed by atoms with E-state index in [4.69, 9.17) is 0 Å². The first-order valence-electron chi connectivity index (χ1n) is 6.33. The smallest absolute Gasteiger partial charge is 0.0228 e. The van der Waals surface area contributed by atoms with Crippen LogP contribution in [0.15, 0.2) is 29.2 Å². The summed E-state index contributed by atoms with van der Waals surface area (Å²) in [5, 5.41) is 0. The predicted molar refractivity (Wildman–Crippen MR) is 73.9 cm³/mol. The van der Waals surface area contributed by atoms with Crippen LogP contribution >= 0.6 is 11.9 Å². The van der Waals surface area contributed by atoms with Gasteiger partial charge in [-0.15, -0.1) is 0 Å². The molecule has 1 N–H and O–H groups in total. The molecule has 2 heteroatoms. The molecule has 0 atom stereocenters. The van der Waals surface area contributed by atoms with Gasteiger partial charge in [0.15, 0.2) is 0 Å². The fourth-order valence-electron chi connectivity index (χ4n) is 2.19. The van der Waals surface area contributed by atoms with E-state index in [1.807, 2.05) is 20.9 Å². The molecule has 1 aromatic carbocycles. The molecule has 1 aliphatic rings. The lowest BCUT2D eigenvalue weighted by Gasteiger charge is -2.09. The maximum atomic E-state index is 3.09. The van der Waals surface area contributed by atoms with Gasteiger partial charge in [0, 0.05) is 4.90 Å². The fourth-order valence-corrected chi connectivity index (χ4v) is 2.69. The van der Waals surface area contributed by atoms with Crippen molar-refractivity contribution >= 4 is 11.9 Å². The van der Waals surface area contributed by atoms with E-state index in [-0.39, 0.29) is 0 Å². The minimum atomic E-state index is 0.837. The third-order valence-corrected chi connectivity index (χ3v) is 3.64. The summed E-state index contributed by atoms with van der Waals surface area (Å²) in [6.07, 6.45) is 5.60. The molecule has 1 nitrogen and oxygen atoms in total. The third kappa shape index (κ3) is 3.84. The standard InChI is InChI=1S/C12H17NS.C2H6/c1-13-14-12-8-6-11(7-9-12)10-4-2-3-5-10;1-2/h6-10,13H,2-5H2,1H3;1-2H3. The summed E-state index contributed by atoms with van der Waals surface area (Å²) in [6, 6.07) is 9.01. The Morgan fingerprint density at radius 1 is 1.06 bits per heavy atom. The van der Waals surface area contributed by atoms with E-state index in [9.17, 15) is 0 Å². The molecule has 90 valence electrons. The third-order valence-electron chi connectivity index (χ3n) is 2.93. The molecule has 0 aliphatic heterocycles. The molecule has 1 saturated carbocycles. The Labute approximate surface area is 104 Å². The second-order valence-electron chi connectivity index (χ2n) is 3.86. The zero-order valence-electron chi connectivity index (χ0n) is 10.6. The molecule has 1 aromatic rings. The van der Waals surface area contributed by atoms with Crippen LogP contribution in [0.3, 0.4) is 0 Å². The van der Waals surface area contributed by atoms with Crippen molar-refractivity contribution in [3.8, 4) is 0 Å². The Morgan fingerprint density at radius 3 is 2.12 bits per heavy atom. The van der Waals surface area contributed by atoms with Crippen LogP contribution in [0.5, 0.6) is 0 Å². The molecule has 1 fully saturated rings. The molecule has 0 spiro atoms. The van der Waals surface area contributed by atoms with E-state index >= 15 is 0 Å². The van der Waals surface area contributed by atoms with Crippen molar-refractivity contribution in [3.05, 3.63) is 29.8 Å². The SMILES string of the molecule is CC.CNSc1ccc(C2CCCC2)cc1. The van der Waals surface area contributed by atoms with Crippen molar-refractivity contribution in [2.75, 3.05) is 7.05 Å². The van der Waals surface area contributed by atoms with Gasteiger partial charge in [0.2, 0.25) is 0 Å². The zero-order chi connectivity index (χ0) is 11.8. The first-order valence-corrected chi connectivity index (χ1v) is 7.15. The van der Waals surface area contributed by atoms with Crippen LogP contribution in [-0.2, 0) is 0 Å². The second kappa shape index (κ2) is 7.75. The lowest BCUT2D eigenvalue weighted by atomic mass is 9.98. The molecule has 0 radical (unpaired) electrons. The van der Waals surface area contributed by atoms with Crippen molar-refractivity contribution < 1.29 is 0 Å². The average Bonchev–Trinajstić information content (AvgIpc) is 2.87. The minimum absolute atomic E-state index is 0.837. The van der Waals surface area contributed by atoms with Gasteiger partial charge in [0.05, 0.1) is 0 Å². The van der Waals surface area contributed by atoms with Gasteiger partial charge in [-0.25, -0.2) is 0 Å². The molecule has 0 aromatic heterocycles. The summed E-state index contributed by atoms with van der Waals surface area (Å²) in [5.41, 5.74) is 1.53. The Bertz CT molecular complexity index is 275. The highest BCUT2D eigenvalue weighted by atomic mass is 32.2. The number of hydrogen-bond acceptors (Lipinski definition) is 2. The van der Waals surface area contributed by atoms with Crippen LogP contribution in [-0.4, -0.2) is 7.05 Å². The molecule has 16 heavy (non-hydrogen) atoms. The van der Waals surface area contributed by atoms with Crippen molar-refractivity contribution in [2.45, 2.75) is 50.3 Å². The zero-order valence-corrected chi connectivity index (χ0v) is 11.4. The quantitative estimate of drug-likeness (QED) is 0.771. The van der Waals surface area contributed by atoms with Gasteiger partial charge in [-0.1, -0.05) is 38.8 Å². The second-order valence-corrected chi connectivity index (χ2v) is 4.94. The highest BCUT2D eigenvalue weighted by Gasteiger charge is 2.16. The largest absolute Gasteiger partial charge is 0.263 e. The molecule has 0 unspecified atom stereocenters. The van der Waals surface area contributed by atoms with E-state index < -0.39 is 0 Å². The van der Waals surface area contributed by atoms with Gasteiger partial charge in [-0.2, -0.15) is 0 Å². The topological polar surface area (TPSA) is 12.0 Å². The Morgan fingerprint density at radius 2 is 1.62 bits per heavy atom. The maximum absolute atomic E-state index is 3.09. The normalized spacial score (nSPS) is 15.7. The molecule has 0 amide bonds. The fraction of sp³-hybridized carbons (Fsp3) is 0.571. The summed E-state index contributed by atoms with van der Waals surface area (Å²) in [6.45, 7) is 4.00. The number of hydrogen-bond donors (Lipinski definition) is 1. The number of rotatable bonds is 3. The van der Waals surface area contributed by atoms with Crippen LogP contribution in [0.1, 0.15) is 51.0 Å². The first-order chi connectivity index (χ1) is 7.90. The van der Waals surface area contributed by atoms with Crippen LogP contribution in [0.2, 0.25) is 0 Å². The summed E-state index contributed by atoms with van der Waals surface area (Å²) in [4.78, 5) is 1.30. The van der Waals surface area contributed by atoms with Crippen molar-refractivity contribution in [3.63, 3.8) is 0 Å². The number of nitrogens with one attached hydrogen (secondary N) is 1. The first kappa shape index (κ1) is 13.6. The maximum Gasteiger partial charge on any atom is 0.0228 e. The molecule has 0 saturated heterocycles. The van der Waals surface area contributed by atoms with Gasteiger partial charge < -0.3 is 0 Å². The van der Waals surface area contributed by atoms with Crippen LogP contribution in [0.25, 0.3) is 0 Å². The lowest BCUT2D eigenvalue weighted by molar-refractivity contribution is 0.722. The van der Waals surface area contributed by atoms with Gasteiger partial charge in [0.1, 0.15) is 0 Å². The van der Waals surface area contributed by atoms with Gasteiger partial charge in [-0.3, -0.25) is 4.72 Å². The van der Waals surface area contributed by atoms with Crippen molar-refractivity contribution in [2.24, 2.45) is 0 Å². The van der Waals surface area contributed by atoms with E-state index in [1.165, 1.54) is 36.1 Å². The molecular formula is C14H23NS. The highest BCUT2D eigenvalue weighted by molar-refractivity contribution is 7.97. The molecule has 0 bridgehead atoms. The van der Waals surface area contributed by atoms with E-state index in [2.05, 4.69) is 29.0 Å². The van der Waals surface area contributed by atoms with E-state index in [0.29, 0.717) is 0 Å². The Hall–Kier alpha value is -0.470. The van der Waals surface area contributed by atoms with Crippen LogP contribution in [0.4, 0.5) is 0 Å². The monoisotopic (exact) mass is 237 g/mol. The Balaban J connectivity index is 0.000000606. The molecule has 1 aliphatic carbocycles. The van der Waals surface area contributed by atoms with E-state index in [0.717, 1.165) is 5.92 Å². The van der Waals surface area contributed by atoms with Crippen molar-refractivity contribution in [1.82, 2.24) is 4.72 Å². The Kier molecular flexibility index (Phi) is 6.58.